The molecule has 0 bridgehead atoms. The summed E-state index contributed by atoms with van der Waals surface area (Å²) in [5.74, 6) is 0.316. The average molecular weight is 276 g/mol. The second-order valence-corrected chi connectivity index (χ2v) is 4.54. The Morgan fingerprint density at radius 3 is 2.75 bits per heavy atom. The summed E-state index contributed by atoms with van der Waals surface area (Å²) >= 11 is 0. The van der Waals surface area contributed by atoms with Crippen LogP contribution in [0.1, 0.15) is 26.7 Å². The maximum atomic E-state index is 13.7. The standard InChI is InChI=1S/C15H17FN2O2/c1-5-10(14(19-4)17-9(2)3)15-18-13-11(16)7-6-8-12(13)20-15/h5-9H,1-4H3/b10-5+,17-14+. The molecule has 0 unspecified atom stereocenters. The summed E-state index contributed by atoms with van der Waals surface area (Å²) in [6.45, 7) is 5.71. The molecule has 106 valence electrons. The molecule has 0 spiro atoms. The highest BCUT2D eigenvalue weighted by Gasteiger charge is 2.18. The molecule has 0 aliphatic rings. The van der Waals surface area contributed by atoms with Crippen molar-refractivity contribution in [1.29, 1.82) is 0 Å². The van der Waals surface area contributed by atoms with Crippen molar-refractivity contribution in [2.45, 2.75) is 26.8 Å². The van der Waals surface area contributed by atoms with Crippen LogP contribution < -0.4 is 0 Å². The zero-order valence-electron chi connectivity index (χ0n) is 12.0. The summed E-state index contributed by atoms with van der Waals surface area (Å²) in [6.07, 6.45) is 1.79. The van der Waals surface area contributed by atoms with Crippen LogP contribution in [0.15, 0.2) is 33.7 Å². The third kappa shape index (κ3) is 2.71. The smallest absolute Gasteiger partial charge is 0.232 e. The Kier molecular flexibility index (Phi) is 4.17. The van der Waals surface area contributed by atoms with Gasteiger partial charge in [0.1, 0.15) is 5.52 Å². The Labute approximate surface area is 117 Å². The second kappa shape index (κ2) is 5.86. The Morgan fingerprint density at radius 2 is 2.20 bits per heavy atom. The van der Waals surface area contributed by atoms with Crippen LogP contribution in [0.3, 0.4) is 0 Å². The molecule has 0 fully saturated rings. The quantitative estimate of drug-likeness (QED) is 0.632. The number of methoxy groups -OCH3 is 1. The predicted octanol–water partition coefficient (Wildman–Crippen LogP) is 3.82. The lowest BCUT2D eigenvalue weighted by molar-refractivity contribution is 0.403. The third-order valence-corrected chi connectivity index (χ3v) is 2.69. The Hall–Kier alpha value is -2.17. The molecule has 1 aromatic carbocycles. The van der Waals surface area contributed by atoms with Gasteiger partial charge in [0.05, 0.1) is 12.7 Å². The molecule has 0 aliphatic carbocycles. The number of fused-ring (bicyclic) bond motifs is 1. The van der Waals surface area contributed by atoms with Gasteiger partial charge in [-0.1, -0.05) is 12.1 Å². The summed E-state index contributed by atoms with van der Waals surface area (Å²) in [6, 6.07) is 4.68. The molecule has 0 N–H and O–H groups in total. The Balaban J connectivity index is 2.53. The van der Waals surface area contributed by atoms with E-state index in [0.29, 0.717) is 22.9 Å². The largest absolute Gasteiger partial charge is 0.481 e. The van der Waals surface area contributed by atoms with Gasteiger partial charge in [-0.05, 0) is 32.9 Å². The maximum Gasteiger partial charge on any atom is 0.232 e. The summed E-state index contributed by atoms with van der Waals surface area (Å²) in [4.78, 5) is 8.56. The molecule has 0 amide bonds. The van der Waals surface area contributed by atoms with E-state index in [0.717, 1.165) is 0 Å². The minimum absolute atomic E-state index is 0.0704. The van der Waals surface area contributed by atoms with Crippen molar-refractivity contribution in [3.8, 4) is 0 Å². The average Bonchev–Trinajstić information content (AvgIpc) is 2.83. The molecule has 1 aromatic heterocycles. The lowest BCUT2D eigenvalue weighted by Crippen LogP contribution is -2.08. The lowest BCUT2D eigenvalue weighted by atomic mass is 10.2. The number of hydrogen-bond acceptors (Lipinski definition) is 4. The lowest BCUT2D eigenvalue weighted by Gasteiger charge is -2.07. The van der Waals surface area contributed by atoms with Crippen LogP contribution in [0.4, 0.5) is 4.39 Å². The van der Waals surface area contributed by atoms with E-state index in [9.17, 15) is 4.39 Å². The number of para-hydroxylation sites is 1. The Bertz CT molecular complexity index is 672. The first-order valence-electron chi connectivity index (χ1n) is 6.40. The molecule has 2 aromatic rings. The minimum Gasteiger partial charge on any atom is -0.481 e. The topological polar surface area (TPSA) is 47.6 Å². The SMILES string of the molecule is C/C=C(\C(=N/C(C)C)OC)c1nc2c(F)cccc2o1. The molecule has 0 radical (unpaired) electrons. The number of aliphatic imine (C=N–C) groups is 1. The van der Waals surface area contributed by atoms with Crippen LogP contribution in [0, 0.1) is 5.82 Å². The van der Waals surface area contributed by atoms with Crippen molar-refractivity contribution in [2.24, 2.45) is 4.99 Å². The fourth-order valence-corrected chi connectivity index (χ4v) is 1.84. The van der Waals surface area contributed by atoms with Crippen LogP contribution in [0.2, 0.25) is 0 Å². The normalized spacial score (nSPS) is 13.3. The second-order valence-electron chi connectivity index (χ2n) is 4.54. The van der Waals surface area contributed by atoms with E-state index >= 15 is 0 Å². The van der Waals surface area contributed by atoms with Crippen molar-refractivity contribution in [3.63, 3.8) is 0 Å². The fourth-order valence-electron chi connectivity index (χ4n) is 1.84. The van der Waals surface area contributed by atoms with Gasteiger partial charge in [0, 0.05) is 6.04 Å². The van der Waals surface area contributed by atoms with E-state index in [1.165, 1.54) is 13.2 Å². The van der Waals surface area contributed by atoms with E-state index in [1.807, 2.05) is 20.8 Å². The zero-order chi connectivity index (χ0) is 14.7. The molecular formula is C15H17FN2O2. The van der Waals surface area contributed by atoms with Gasteiger partial charge in [0.2, 0.25) is 11.8 Å². The van der Waals surface area contributed by atoms with Crippen molar-refractivity contribution >= 4 is 22.6 Å². The number of rotatable bonds is 3. The van der Waals surface area contributed by atoms with Gasteiger partial charge in [-0.15, -0.1) is 0 Å². The summed E-state index contributed by atoms with van der Waals surface area (Å²) in [5, 5.41) is 0. The van der Waals surface area contributed by atoms with Gasteiger partial charge in [-0.3, -0.25) is 0 Å². The van der Waals surface area contributed by atoms with Crippen LogP contribution in [0.5, 0.6) is 0 Å². The monoisotopic (exact) mass is 276 g/mol. The Morgan fingerprint density at radius 1 is 1.45 bits per heavy atom. The summed E-state index contributed by atoms with van der Waals surface area (Å²) < 4.78 is 24.5. The van der Waals surface area contributed by atoms with Crippen molar-refractivity contribution in [2.75, 3.05) is 7.11 Å². The van der Waals surface area contributed by atoms with Gasteiger partial charge < -0.3 is 9.15 Å². The number of oxazole rings is 1. The maximum absolute atomic E-state index is 13.7. The molecule has 5 heteroatoms. The number of ether oxygens (including phenoxy) is 1. The van der Waals surface area contributed by atoms with E-state index in [1.54, 1.807) is 18.2 Å². The number of aromatic nitrogens is 1. The summed E-state index contributed by atoms with van der Waals surface area (Å²) in [7, 11) is 1.54. The van der Waals surface area contributed by atoms with Crippen LogP contribution in [-0.4, -0.2) is 24.0 Å². The number of hydrogen-bond donors (Lipinski definition) is 0. The van der Waals surface area contributed by atoms with Crippen molar-refractivity contribution in [1.82, 2.24) is 4.98 Å². The van der Waals surface area contributed by atoms with Gasteiger partial charge in [0.25, 0.3) is 0 Å². The first-order valence-corrected chi connectivity index (χ1v) is 6.40. The number of halogens is 1. The van der Waals surface area contributed by atoms with Crippen molar-refractivity contribution < 1.29 is 13.5 Å². The van der Waals surface area contributed by atoms with Gasteiger partial charge in [-0.2, -0.15) is 0 Å². The third-order valence-electron chi connectivity index (χ3n) is 2.69. The molecule has 2 rings (SSSR count). The van der Waals surface area contributed by atoms with Crippen LogP contribution in [-0.2, 0) is 4.74 Å². The summed E-state index contributed by atoms with van der Waals surface area (Å²) in [5.41, 5.74) is 1.22. The molecule has 20 heavy (non-hydrogen) atoms. The van der Waals surface area contributed by atoms with E-state index in [4.69, 9.17) is 9.15 Å². The number of benzene rings is 1. The van der Waals surface area contributed by atoms with Crippen molar-refractivity contribution in [3.05, 3.63) is 36.0 Å². The van der Waals surface area contributed by atoms with E-state index < -0.39 is 5.82 Å². The first kappa shape index (κ1) is 14.2. The fraction of sp³-hybridized carbons (Fsp3) is 0.333. The van der Waals surface area contributed by atoms with E-state index in [-0.39, 0.29) is 11.6 Å². The molecule has 1 heterocycles. The highest BCUT2D eigenvalue weighted by molar-refractivity contribution is 6.18. The molecule has 4 nitrogen and oxygen atoms in total. The van der Waals surface area contributed by atoms with Crippen LogP contribution >= 0.6 is 0 Å². The van der Waals surface area contributed by atoms with Gasteiger partial charge in [0.15, 0.2) is 11.4 Å². The highest BCUT2D eigenvalue weighted by atomic mass is 19.1. The van der Waals surface area contributed by atoms with E-state index in [2.05, 4.69) is 9.98 Å². The van der Waals surface area contributed by atoms with Crippen LogP contribution in [0.25, 0.3) is 16.7 Å². The molecular weight excluding hydrogens is 259 g/mol. The molecule has 0 aliphatic heterocycles. The molecule has 0 atom stereocenters. The number of nitrogens with zero attached hydrogens (tertiary/aromatic N) is 2. The predicted molar refractivity (Wildman–Crippen MR) is 77.2 cm³/mol. The molecule has 0 saturated carbocycles. The molecule has 0 saturated heterocycles. The van der Waals surface area contributed by atoms with Gasteiger partial charge >= 0.3 is 0 Å². The minimum atomic E-state index is -0.410. The van der Waals surface area contributed by atoms with Gasteiger partial charge in [-0.25, -0.2) is 14.4 Å². The number of allylic oxidation sites excluding steroid dienone is 1. The highest BCUT2D eigenvalue weighted by Crippen LogP contribution is 2.24. The zero-order valence-corrected chi connectivity index (χ0v) is 12.0. The first-order chi connectivity index (χ1) is 9.56.